The summed E-state index contributed by atoms with van der Waals surface area (Å²) in [5.41, 5.74) is 1.07. The van der Waals surface area contributed by atoms with Gasteiger partial charge in [0.15, 0.2) is 0 Å². The number of amides is 1. The third-order valence-electron chi connectivity index (χ3n) is 1.92. The van der Waals surface area contributed by atoms with Crippen LogP contribution in [0.5, 0.6) is 0 Å². The van der Waals surface area contributed by atoms with E-state index in [-0.39, 0.29) is 10.3 Å². The summed E-state index contributed by atoms with van der Waals surface area (Å²) in [5.74, 6) is -0.174. The summed E-state index contributed by atoms with van der Waals surface area (Å²) in [6.45, 7) is 0. The fraction of sp³-hybridized carbons (Fsp3) is 0.222. The van der Waals surface area contributed by atoms with Gasteiger partial charge in [0.2, 0.25) is 0 Å². The molecule has 0 aliphatic heterocycles. The maximum absolute atomic E-state index is 11.6. The fourth-order valence-corrected chi connectivity index (χ4v) is 1.85. The van der Waals surface area contributed by atoms with Gasteiger partial charge in [0.1, 0.15) is 5.25 Å². The van der Waals surface area contributed by atoms with E-state index in [0.717, 1.165) is 5.56 Å². The topological polar surface area (TPSA) is 38.1 Å². The van der Waals surface area contributed by atoms with Gasteiger partial charge in [0.25, 0.3) is 0 Å². The van der Waals surface area contributed by atoms with Crippen molar-refractivity contribution in [3.8, 4) is 0 Å². The molecule has 0 heterocycles. The summed E-state index contributed by atoms with van der Waals surface area (Å²) in [4.78, 5) is 12.8. The Morgan fingerprint density at radius 3 is 2.60 bits per heavy atom. The van der Waals surface area contributed by atoms with Crippen molar-refractivity contribution in [2.45, 2.75) is 11.7 Å². The summed E-state index contributed by atoms with van der Waals surface area (Å²) < 4.78 is 0.181. The van der Waals surface area contributed by atoms with Crippen LogP contribution in [-0.4, -0.2) is 11.2 Å². The molecule has 2 atom stereocenters. The molecule has 6 heteroatoms. The molecule has 0 radical (unpaired) electrons. The molecule has 0 saturated heterocycles. The first kappa shape index (κ1) is 12.9. The molecule has 82 valence electrons. The Kier molecular flexibility index (Phi) is 5.55. The first-order valence-electron chi connectivity index (χ1n) is 4.40. The number of hydrogen-bond donors (Lipinski definition) is 3. The van der Waals surface area contributed by atoms with Crippen LogP contribution >= 0.6 is 12.6 Å². The van der Waals surface area contributed by atoms with Crippen molar-refractivity contribution in [2.75, 3.05) is 0 Å². The zero-order valence-corrected chi connectivity index (χ0v) is 10.4. The van der Waals surface area contributed by atoms with Crippen LogP contribution in [-0.2, 0) is 36.8 Å². The summed E-state index contributed by atoms with van der Waals surface area (Å²) >= 11 is 13.7. The molecule has 0 aliphatic carbocycles. The van der Waals surface area contributed by atoms with Gasteiger partial charge in [-0.05, 0) is 12.0 Å². The van der Waals surface area contributed by atoms with Crippen LogP contribution in [0.2, 0.25) is 0 Å². The molecule has 0 bridgehead atoms. The van der Waals surface area contributed by atoms with Gasteiger partial charge in [-0.3, -0.25) is 4.41 Å². The van der Waals surface area contributed by atoms with Crippen molar-refractivity contribution in [2.24, 2.45) is 0 Å². The molecule has 0 fully saturated rings. The number of rotatable bonds is 4. The van der Waals surface area contributed by atoms with Crippen LogP contribution in [0.4, 0.5) is 0 Å². The van der Waals surface area contributed by atoms with Crippen LogP contribution < -0.4 is 9.25 Å². The Morgan fingerprint density at radius 1 is 1.47 bits per heavy atom. The molecule has 0 aromatic heterocycles. The lowest BCUT2D eigenvalue weighted by Gasteiger charge is -2.22. The van der Waals surface area contributed by atoms with Crippen LogP contribution in [0.3, 0.4) is 0 Å². The molecule has 1 rings (SSSR count). The summed E-state index contributed by atoms with van der Waals surface area (Å²) in [5, 5.41) is -0.404. The van der Waals surface area contributed by atoms with E-state index >= 15 is 0 Å². The molecule has 15 heavy (non-hydrogen) atoms. The molecular weight excluding hydrogens is 248 g/mol. The van der Waals surface area contributed by atoms with Crippen LogP contribution in [0, 0.1) is 0 Å². The second-order valence-electron chi connectivity index (χ2n) is 3.05. The molecular formula is C9H12N2OS3. The summed E-state index contributed by atoms with van der Waals surface area (Å²) in [6, 6.07) is 9.70. The highest BCUT2D eigenvalue weighted by molar-refractivity contribution is 7.81. The fourth-order valence-electron chi connectivity index (χ4n) is 1.15. The minimum atomic E-state index is -0.404. The average molecular weight is 260 g/mol. The number of nitrogens with one attached hydrogen (secondary N) is 1. The van der Waals surface area contributed by atoms with Crippen LogP contribution in [0.15, 0.2) is 30.3 Å². The third kappa shape index (κ3) is 4.08. The molecule has 3 nitrogen and oxygen atoms in total. The van der Waals surface area contributed by atoms with Gasteiger partial charge in [-0.1, -0.05) is 30.3 Å². The number of nitrogens with two attached hydrogens (primary N) is 1. The van der Waals surface area contributed by atoms with Crippen LogP contribution in [0.1, 0.15) is 5.56 Å². The summed E-state index contributed by atoms with van der Waals surface area (Å²) in [7, 11) is 0. The van der Waals surface area contributed by atoms with Crippen molar-refractivity contribution in [3.63, 3.8) is 0 Å². The van der Waals surface area contributed by atoms with Gasteiger partial charge < -0.3 is 30.5 Å². The standard InChI is InChI=1S/C9H12N2OS3/c12-9(11(15)10-14)8(13)6-7-4-2-1-3-5-7/h1-5,8,11,13H,6,10H2. The van der Waals surface area contributed by atoms with Gasteiger partial charge in [0.05, 0.1) is 0 Å². The van der Waals surface area contributed by atoms with E-state index < -0.39 is 5.25 Å². The monoisotopic (exact) mass is 260 g/mol. The Balaban J connectivity index is 2.56. The zero-order chi connectivity index (χ0) is 11.3. The number of thiol groups is 1. The quantitative estimate of drug-likeness (QED) is 0.199. The predicted octanol–water partition coefficient (Wildman–Crippen LogP) is -1.66. The molecule has 0 saturated carbocycles. The molecule has 0 aliphatic rings. The minimum Gasteiger partial charge on any atom is -0.437 e. The van der Waals surface area contributed by atoms with E-state index in [2.05, 4.69) is 25.4 Å². The van der Waals surface area contributed by atoms with Crippen molar-refractivity contribution in [1.82, 2.24) is 0 Å². The van der Waals surface area contributed by atoms with Crippen molar-refractivity contribution < 1.29 is 14.0 Å². The first-order chi connectivity index (χ1) is 7.15. The number of quaternary nitrogens is 2. The van der Waals surface area contributed by atoms with E-state index in [4.69, 9.17) is 12.8 Å². The predicted molar refractivity (Wildman–Crippen MR) is 65.5 cm³/mol. The van der Waals surface area contributed by atoms with Gasteiger partial charge in [-0.2, -0.15) is 12.6 Å². The lowest BCUT2D eigenvalue weighted by atomic mass is 10.1. The highest BCUT2D eigenvalue weighted by atomic mass is 32.1. The maximum Gasteiger partial charge on any atom is 0.351 e. The van der Waals surface area contributed by atoms with Gasteiger partial charge in [-0.15, -0.1) is 0 Å². The Morgan fingerprint density at radius 2 is 2.07 bits per heavy atom. The number of carbonyl (C=O) groups excluding carboxylic acids is 1. The number of hydrogen-bond acceptors (Lipinski definition) is 4. The van der Waals surface area contributed by atoms with Crippen LogP contribution in [0.25, 0.3) is 0 Å². The van der Waals surface area contributed by atoms with Gasteiger partial charge >= 0.3 is 5.91 Å². The lowest BCUT2D eigenvalue weighted by Crippen LogP contribution is -3.45. The zero-order valence-electron chi connectivity index (χ0n) is 7.92. The Bertz CT molecular complexity index is 320. The second kappa shape index (κ2) is 6.44. The Hall–Kier alpha value is -0.140. The van der Waals surface area contributed by atoms with Crippen molar-refractivity contribution in [1.29, 1.82) is 0 Å². The average Bonchev–Trinajstić information content (AvgIpc) is 2.28. The molecule has 1 aromatic carbocycles. The Labute approximate surface area is 106 Å². The maximum atomic E-state index is 11.6. The summed E-state index contributed by atoms with van der Waals surface area (Å²) in [6.07, 6.45) is 0.575. The third-order valence-corrected chi connectivity index (χ3v) is 3.05. The first-order valence-corrected chi connectivity index (χ1v) is 5.80. The number of carbonyl (C=O) groups is 1. The lowest BCUT2D eigenvalue weighted by molar-refractivity contribution is -1.21. The normalized spacial score (nSPS) is 14.6. The molecule has 2 unspecified atom stereocenters. The molecule has 0 spiro atoms. The van der Waals surface area contributed by atoms with E-state index in [0.29, 0.717) is 6.42 Å². The molecule has 1 aromatic rings. The highest BCUT2D eigenvalue weighted by Crippen LogP contribution is 2.06. The van der Waals surface area contributed by atoms with E-state index in [9.17, 15) is 4.79 Å². The minimum absolute atomic E-state index is 0.174. The molecule has 3 N–H and O–H groups in total. The van der Waals surface area contributed by atoms with E-state index in [1.807, 2.05) is 30.3 Å². The second-order valence-corrected chi connectivity index (χ2v) is 4.35. The smallest absolute Gasteiger partial charge is 0.351 e. The van der Waals surface area contributed by atoms with E-state index in [1.165, 1.54) is 4.83 Å². The van der Waals surface area contributed by atoms with Crippen molar-refractivity contribution >= 4 is 44.2 Å². The van der Waals surface area contributed by atoms with Crippen molar-refractivity contribution in [3.05, 3.63) is 35.9 Å². The highest BCUT2D eigenvalue weighted by Gasteiger charge is 2.20. The van der Waals surface area contributed by atoms with Gasteiger partial charge in [0, 0.05) is 0 Å². The van der Waals surface area contributed by atoms with E-state index in [1.54, 1.807) is 0 Å². The SMILES string of the molecule is O=C(C(S)Cc1ccccc1)[NH+]([S-])[NH2+][S-]. The number of benzene rings is 1. The van der Waals surface area contributed by atoms with Gasteiger partial charge in [-0.25, -0.2) is 4.79 Å². The largest absolute Gasteiger partial charge is 0.437 e. The molecule has 1 amide bonds.